The van der Waals surface area contributed by atoms with Crippen molar-refractivity contribution < 1.29 is 53.6 Å². The third kappa shape index (κ3) is 5.26. The summed E-state index contributed by atoms with van der Waals surface area (Å²) in [6, 6.07) is 6.08. The Bertz CT molecular complexity index is 1820. The average Bonchev–Trinajstić information content (AvgIpc) is 3.00. The second kappa shape index (κ2) is 11.6. The van der Waals surface area contributed by atoms with Crippen molar-refractivity contribution in [3.05, 3.63) is 75.3 Å². The lowest BCUT2D eigenvalue weighted by Gasteiger charge is -2.49. The van der Waals surface area contributed by atoms with E-state index in [9.17, 15) is 49.2 Å². The van der Waals surface area contributed by atoms with E-state index in [-0.39, 0.29) is 29.2 Å². The molecule has 6 N–H and O–H groups in total. The van der Waals surface area contributed by atoms with E-state index in [1.165, 1.54) is 12.1 Å². The van der Waals surface area contributed by atoms with Crippen LogP contribution in [-0.2, 0) is 23.9 Å². The average molecular weight is 626 g/mol. The van der Waals surface area contributed by atoms with Gasteiger partial charge < -0.3 is 40.2 Å². The molecule has 44 heavy (non-hydrogen) atoms. The van der Waals surface area contributed by atoms with Crippen LogP contribution in [0.25, 0.3) is 11.0 Å². The van der Waals surface area contributed by atoms with E-state index in [0.29, 0.717) is 0 Å². The summed E-state index contributed by atoms with van der Waals surface area (Å²) in [5.41, 5.74) is -1.91. The molecule has 5 rings (SSSR count). The number of phenolic OH excluding ortho intramolecular Hbond substituents is 3. The molecule has 0 aliphatic carbocycles. The number of hydrogen-bond donors (Lipinski definition) is 6. The minimum Gasteiger partial charge on any atom is -0.504 e. The molecule has 2 aliphatic heterocycles. The molecule has 1 fully saturated rings. The summed E-state index contributed by atoms with van der Waals surface area (Å²) in [5, 5.41) is 43.0. The number of benzene rings is 2. The van der Waals surface area contributed by atoms with Gasteiger partial charge in [0.1, 0.15) is 41.6 Å². The van der Waals surface area contributed by atoms with Gasteiger partial charge in [-0.1, -0.05) is 30.3 Å². The molecule has 3 atom stereocenters. The fourth-order valence-corrected chi connectivity index (χ4v) is 6.09. The maximum absolute atomic E-state index is 13.5. The van der Waals surface area contributed by atoms with Crippen molar-refractivity contribution in [1.82, 2.24) is 15.5 Å². The van der Waals surface area contributed by atoms with Crippen LogP contribution in [-0.4, -0.2) is 78.8 Å². The van der Waals surface area contributed by atoms with Crippen LogP contribution in [0.3, 0.4) is 0 Å². The van der Waals surface area contributed by atoms with Gasteiger partial charge in [-0.25, -0.2) is 4.79 Å². The Labute approximate surface area is 250 Å². The predicted molar refractivity (Wildman–Crippen MR) is 150 cm³/mol. The number of amides is 3. The number of carbonyl (C=O) groups is 5. The number of fused-ring (bicyclic) bond motifs is 2. The van der Waals surface area contributed by atoms with Crippen molar-refractivity contribution >= 4 is 52.4 Å². The number of β-lactam (4-membered cyclic amide) rings is 1. The number of esters is 1. The maximum Gasteiger partial charge on any atom is 0.352 e. The first kappa shape index (κ1) is 30.0. The third-order valence-corrected chi connectivity index (χ3v) is 8.24. The molecule has 2 aromatic carbocycles. The Morgan fingerprint density at radius 3 is 2.48 bits per heavy atom. The first-order valence-corrected chi connectivity index (χ1v) is 13.8. The number of carboxylic acid groups (broad SMARTS) is 1. The number of thioether (sulfide) groups is 1. The van der Waals surface area contributed by atoms with Crippen molar-refractivity contribution in [2.75, 3.05) is 12.4 Å². The van der Waals surface area contributed by atoms with E-state index in [0.717, 1.165) is 35.9 Å². The number of nitrogens with zero attached hydrogens (tertiary/aromatic N) is 1. The minimum atomic E-state index is -1.44. The van der Waals surface area contributed by atoms with Crippen LogP contribution in [0.4, 0.5) is 0 Å². The number of nitrogens with one attached hydrogen (secondary N) is 2. The zero-order valence-electron chi connectivity index (χ0n) is 22.6. The van der Waals surface area contributed by atoms with Crippen LogP contribution >= 0.6 is 11.8 Å². The second-order valence-electron chi connectivity index (χ2n) is 9.70. The highest BCUT2D eigenvalue weighted by Crippen LogP contribution is 2.41. The molecular formula is C28H23N3O12S. The van der Waals surface area contributed by atoms with Gasteiger partial charge in [-0.05, 0) is 11.6 Å². The van der Waals surface area contributed by atoms with E-state index in [1.807, 2.05) is 0 Å². The first-order chi connectivity index (χ1) is 20.9. The van der Waals surface area contributed by atoms with Gasteiger partial charge in [-0.15, -0.1) is 11.8 Å². The summed E-state index contributed by atoms with van der Waals surface area (Å²) >= 11 is 1.15. The Kier molecular flexibility index (Phi) is 7.93. The summed E-state index contributed by atoms with van der Waals surface area (Å²) in [6.07, 6.45) is 0.718. The lowest BCUT2D eigenvalue weighted by Crippen LogP contribution is -2.71. The Hall–Kier alpha value is -5.51. The van der Waals surface area contributed by atoms with E-state index in [1.54, 1.807) is 18.2 Å². The number of aliphatic carboxylic acids is 1. The summed E-state index contributed by atoms with van der Waals surface area (Å²) in [5.74, 6) is -7.25. The molecule has 1 unspecified atom stereocenters. The monoisotopic (exact) mass is 625 g/mol. The number of hydrogen-bond acceptors (Lipinski definition) is 12. The van der Waals surface area contributed by atoms with E-state index in [4.69, 9.17) is 9.15 Å². The Morgan fingerprint density at radius 2 is 1.82 bits per heavy atom. The lowest BCUT2D eigenvalue weighted by atomic mass is 10.0. The first-order valence-electron chi connectivity index (χ1n) is 12.8. The number of aromatic hydroxyl groups is 3. The summed E-state index contributed by atoms with van der Waals surface area (Å²) in [7, 11) is 0. The van der Waals surface area contributed by atoms with Crippen molar-refractivity contribution in [3.63, 3.8) is 0 Å². The fourth-order valence-electron chi connectivity index (χ4n) is 4.76. The Balaban J connectivity index is 1.39. The van der Waals surface area contributed by atoms with Crippen LogP contribution in [0.2, 0.25) is 0 Å². The molecule has 3 aromatic rings. The summed E-state index contributed by atoms with van der Waals surface area (Å²) < 4.78 is 10.1. The minimum absolute atomic E-state index is 0.106. The van der Waals surface area contributed by atoms with Crippen LogP contribution in [0.5, 0.6) is 17.2 Å². The lowest BCUT2D eigenvalue weighted by molar-refractivity contribution is -0.151. The molecule has 0 bridgehead atoms. The highest BCUT2D eigenvalue weighted by Gasteiger charge is 2.54. The molecule has 3 amide bonds. The van der Waals surface area contributed by atoms with Gasteiger partial charge in [0.2, 0.25) is 22.8 Å². The number of rotatable bonds is 8. The van der Waals surface area contributed by atoms with Crippen LogP contribution in [0, 0.1) is 0 Å². The normalized spacial score (nSPS) is 18.2. The van der Waals surface area contributed by atoms with Gasteiger partial charge in [0.05, 0.1) is 5.39 Å². The SMILES string of the molecule is CC(=O)OCC1=C(C(=O)O)N2C(=O)[C@@H](NC(=O)C(NC(=O)c3coc4c(O)c(O)c(O)cc4c3=O)c3ccccc3)[C@@H]2SC1. The molecule has 0 radical (unpaired) electrons. The largest absolute Gasteiger partial charge is 0.504 e. The molecule has 228 valence electrons. The zero-order valence-corrected chi connectivity index (χ0v) is 23.4. The van der Waals surface area contributed by atoms with Crippen molar-refractivity contribution in [1.29, 1.82) is 0 Å². The van der Waals surface area contributed by atoms with Crippen molar-refractivity contribution in [2.45, 2.75) is 24.4 Å². The number of carboxylic acids is 1. The fraction of sp³-hybridized carbons (Fsp3) is 0.214. The van der Waals surface area contributed by atoms with E-state index >= 15 is 0 Å². The molecule has 2 aliphatic rings. The van der Waals surface area contributed by atoms with Crippen molar-refractivity contribution in [2.24, 2.45) is 0 Å². The quantitative estimate of drug-likeness (QED) is 0.115. The molecule has 3 heterocycles. The standard InChI is InChI=1S/C28H23N3O12S/c1-11(32)42-8-13-10-44-27-18(26(39)31(27)19(13)28(40)41)30-25(38)17(12-5-3-2-4-6-12)29-24(37)15-9-43-23-14(20(15)34)7-16(33)21(35)22(23)36/h2-7,9,17-18,27,33,35-36H,8,10H2,1H3,(H,29,37)(H,30,38)(H,40,41)/t17?,18-,27+/m1/s1. The molecule has 15 nitrogen and oxygen atoms in total. The molecule has 0 saturated carbocycles. The topological polar surface area (TPSA) is 233 Å². The van der Waals surface area contributed by atoms with Crippen LogP contribution < -0.4 is 16.1 Å². The van der Waals surface area contributed by atoms with Crippen LogP contribution in [0.15, 0.2) is 63.1 Å². The number of ether oxygens (including phenoxy) is 1. The molecule has 16 heteroatoms. The predicted octanol–water partition coefficient (Wildman–Crippen LogP) is 0.683. The van der Waals surface area contributed by atoms with Gasteiger partial charge in [0.25, 0.3) is 11.8 Å². The molecular weight excluding hydrogens is 602 g/mol. The maximum atomic E-state index is 13.5. The van der Waals surface area contributed by atoms with Gasteiger partial charge in [-0.2, -0.15) is 0 Å². The number of carbonyl (C=O) groups excluding carboxylic acids is 4. The third-order valence-electron chi connectivity index (χ3n) is 6.90. The van der Waals surface area contributed by atoms with Crippen molar-refractivity contribution in [3.8, 4) is 17.2 Å². The second-order valence-corrected chi connectivity index (χ2v) is 10.8. The highest BCUT2D eigenvalue weighted by atomic mass is 32.2. The van der Waals surface area contributed by atoms with E-state index < -0.39 is 86.3 Å². The smallest absolute Gasteiger partial charge is 0.352 e. The van der Waals surface area contributed by atoms with Gasteiger partial charge in [0.15, 0.2) is 11.3 Å². The summed E-state index contributed by atoms with van der Waals surface area (Å²) in [6.45, 7) is 0.846. The zero-order chi connectivity index (χ0) is 31.9. The van der Waals surface area contributed by atoms with Gasteiger partial charge >= 0.3 is 11.9 Å². The Morgan fingerprint density at radius 1 is 1.11 bits per heavy atom. The highest BCUT2D eigenvalue weighted by molar-refractivity contribution is 8.00. The van der Waals surface area contributed by atoms with Crippen LogP contribution in [0.1, 0.15) is 28.9 Å². The van der Waals surface area contributed by atoms with Gasteiger partial charge in [-0.3, -0.25) is 28.9 Å². The summed E-state index contributed by atoms with van der Waals surface area (Å²) in [4.78, 5) is 77.1. The molecule has 1 aromatic heterocycles. The number of phenols is 3. The molecule has 0 spiro atoms. The molecule has 1 saturated heterocycles. The van der Waals surface area contributed by atoms with Gasteiger partial charge in [0, 0.05) is 18.2 Å². The van der Waals surface area contributed by atoms with E-state index in [2.05, 4.69) is 10.6 Å².